The summed E-state index contributed by atoms with van der Waals surface area (Å²) in [6.07, 6.45) is -4.50. The van der Waals surface area contributed by atoms with Crippen LogP contribution in [0.15, 0.2) is 53.9 Å². The SMILES string of the molecule is O=C(Nc1nc(-c2nc3ccccc3s2)cs1)c1cccc(C(F)(F)F)c1. The largest absolute Gasteiger partial charge is 0.416 e. The van der Waals surface area contributed by atoms with Crippen LogP contribution in [-0.4, -0.2) is 15.9 Å². The highest BCUT2D eigenvalue weighted by Crippen LogP contribution is 2.32. The van der Waals surface area contributed by atoms with Gasteiger partial charge in [-0.25, -0.2) is 9.97 Å². The summed E-state index contributed by atoms with van der Waals surface area (Å²) in [6, 6.07) is 11.9. The van der Waals surface area contributed by atoms with E-state index in [1.54, 1.807) is 5.38 Å². The molecule has 2 aromatic heterocycles. The van der Waals surface area contributed by atoms with Crippen LogP contribution in [0.4, 0.5) is 18.3 Å². The fourth-order valence-corrected chi connectivity index (χ4v) is 4.11. The molecule has 0 saturated heterocycles. The first-order valence-corrected chi connectivity index (χ1v) is 9.40. The summed E-state index contributed by atoms with van der Waals surface area (Å²) in [4.78, 5) is 21.1. The topological polar surface area (TPSA) is 54.9 Å². The third-order valence-corrected chi connectivity index (χ3v) is 5.51. The molecule has 2 heterocycles. The number of nitrogens with one attached hydrogen (secondary N) is 1. The molecule has 1 N–H and O–H groups in total. The lowest BCUT2D eigenvalue weighted by Gasteiger charge is -2.08. The number of alkyl halides is 3. The van der Waals surface area contributed by atoms with Crippen molar-refractivity contribution in [2.45, 2.75) is 6.18 Å². The van der Waals surface area contributed by atoms with Gasteiger partial charge in [-0.2, -0.15) is 13.2 Å². The summed E-state index contributed by atoms with van der Waals surface area (Å²) >= 11 is 2.67. The Morgan fingerprint density at radius 1 is 1.04 bits per heavy atom. The van der Waals surface area contributed by atoms with E-state index in [2.05, 4.69) is 15.3 Å². The maximum atomic E-state index is 12.8. The van der Waals surface area contributed by atoms with E-state index in [0.29, 0.717) is 15.8 Å². The highest BCUT2D eigenvalue weighted by atomic mass is 32.1. The van der Waals surface area contributed by atoms with Gasteiger partial charge in [0, 0.05) is 10.9 Å². The molecule has 0 aliphatic heterocycles. The van der Waals surface area contributed by atoms with E-state index in [4.69, 9.17) is 0 Å². The Morgan fingerprint density at radius 3 is 2.63 bits per heavy atom. The molecule has 0 unspecified atom stereocenters. The van der Waals surface area contributed by atoms with Crippen molar-refractivity contribution < 1.29 is 18.0 Å². The number of benzene rings is 2. The summed E-state index contributed by atoms with van der Waals surface area (Å²) < 4.78 is 39.4. The Balaban J connectivity index is 1.55. The first kappa shape index (κ1) is 17.6. The van der Waals surface area contributed by atoms with Crippen molar-refractivity contribution in [3.05, 3.63) is 65.0 Å². The van der Waals surface area contributed by atoms with Gasteiger partial charge in [-0.3, -0.25) is 10.1 Å². The molecule has 0 radical (unpaired) electrons. The van der Waals surface area contributed by atoms with Crippen LogP contribution in [0, 0.1) is 0 Å². The highest BCUT2D eigenvalue weighted by Gasteiger charge is 2.31. The predicted molar refractivity (Wildman–Crippen MR) is 100 cm³/mol. The maximum Gasteiger partial charge on any atom is 0.416 e. The minimum absolute atomic E-state index is 0.0819. The number of amides is 1. The average molecular weight is 405 g/mol. The first-order valence-electron chi connectivity index (χ1n) is 7.70. The van der Waals surface area contributed by atoms with Gasteiger partial charge in [0.15, 0.2) is 5.13 Å². The molecule has 4 rings (SSSR count). The lowest BCUT2D eigenvalue weighted by Crippen LogP contribution is -2.13. The second-order valence-corrected chi connectivity index (χ2v) is 7.45. The van der Waals surface area contributed by atoms with Crippen LogP contribution in [0.2, 0.25) is 0 Å². The van der Waals surface area contributed by atoms with Gasteiger partial charge in [0.1, 0.15) is 10.7 Å². The number of aromatic nitrogens is 2. The van der Waals surface area contributed by atoms with Crippen molar-refractivity contribution in [2.75, 3.05) is 5.32 Å². The number of para-hydroxylation sites is 1. The third-order valence-electron chi connectivity index (χ3n) is 3.69. The van der Waals surface area contributed by atoms with Crippen LogP contribution in [0.25, 0.3) is 20.9 Å². The van der Waals surface area contributed by atoms with E-state index in [-0.39, 0.29) is 5.56 Å². The number of rotatable bonds is 3. The number of hydrogen-bond acceptors (Lipinski definition) is 5. The van der Waals surface area contributed by atoms with E-state index in [1.165, 1.54) is 34.8 Å². The molecule has 1 amide bonds. The molecule has 9 heteroatoms. The molecule has 0 fully saturated rings. The van der Waals surface area contributed by atoms with Crippen LogP contribution in [0.3, 0.4) is 0 Å². The molecule has 2 aromatic carbocycles. The lowest BCUT2D eigenvalue weighted by atomic mass is 10.1. The molecule has 0 aliphatic rings. The standard InChI is InChI=1S/C18H10F3N3OS2/c19-18(20,21)11-5-3-4-10(8-11)15(25)24-17-23-13(9-26-17)16-22-12-6-1-2-7-14(12)27-16/h1-9H,(H,23,24,25). The number of anilines is 1. The molecule has 0 bridgehead atoms. The van der Waals surface area contributed by atoms with Gasteiger partial charge in [-0.15, -0.1) is 22.7 Å². The Kier molecular flexibility index (Phi) is 4.40. The molecular formula is C18H10F3N3OS2. The Hall–Kier alpha value is -2.78. The zero-order valence-electron chi connectivity index (χ0n) is 13.4. The van der Waals surface area contributed by atoms with Crippen LogP contribution < -0.4 is 5.32 Å². The number of halogens is 3. The number of hydrogen-bond donors (Lipinski definition) is 1. The van der Waals surface area contributed by atoms with Crippen LogP contribution in [0.5, 0.6) is 0 Å². The Labute approximate surface area is 159 Å². The zero-order valence-corrected chi connectivity index (χ0v) is 15.1. The number of nitrogens with zero attached hydrogens (tertiary/aromatic N) is 2. The van der Waals surface area contributed by atoms with Gasteiger partial charge in [0.2, 0.25) is 0 Å². The van der Waals surface area contributed by atoms with Gasteiger partial charge in [-0.05, 0) is 30.3 Å². The molecule has 4 aromatic rings. The quantitative estimate of drug-likeness (QED) is 0.476. The Morgan fingerprint density at radius 2 is 1.85 bits per heavy atom. The van der Waals surface area contributed by atoms with Crippen LogP contribution in [0.1, 0.15) is 15.9 Å². The molecule has 27 heavy (non-hydrogen) atoms. The van der Waals surface area contributed by atoms with Crippen molar-refractivity contribution in [3.63, 3.8) is 0 Å². The van der Waals surface area contributed by atoms with E-state index in [9.17, 15) is 18.0 Å². The molecule has 136 valence electrons. The normalized spacial score (nSPS) is 11.7. The van der Waals surface area contributed by atoms with Gasteiger partial charge < -0.3 is 0 Å². The highest BCUT2D eigenvalue weighted by molar-refractivity contribution is 7.22. The monoisotopic (exact) mass is 405 g/mol. The van der Waals surface area contributed by atoms with Crippen molar-refractivity contribution in [1.29, 1.82) is 0 Å². The van der Waals surface area contributed by atoms with E-state index in [0.717, 1.165) is 22.3 Å². The van der Waals surface area contributed by atoms with Crippen molar-refractivity contribution in [2.24, 2.45) is 0 Å². The van der Waals surface area contributed by atoms with Crippen molar-refractivity contribution in [1.82, 2.24) is 9.97 Å². The number of fused-ring (bicyclic) bond motifs is 1. The molecule has 4 nitrogen and oxygen atoms in total. The van der Waals surface area contributed by atoms with E-state index < -0.39 is 17.6 Å². The minimum Gasteiger partial charge on any atom is -0.298 e. The second-order valence-electron chi connectivity index (χ2n) is 5.56. The van der Waals surface area contributed by atoms with Gasteiger partial charge >= 0.3 is 6.18 Å². The summed E-state index contributed by atoms with van der Waals surface area (Å²) in [7, 11) is 0. The summed E-state index contributed by atoms with van der Waals surface area (Å²) in [5, 5.41) is 5.30. The Bertz CT molecular complexity index is 1100. The van der Waals surface area contributed by atoms with Crippen molar-refractivity contribution >= 4 is 43.9 Å². The fraction of sp³-hybridized carbons (Fsp3) is 0.0556. The molecule has 0 atom stereocenters. The van der Waals surface area contributed by atoms with E-state index in [1.807, 2.05) is 24.3 Å². The summed E-state index contributed by atoms with van der Waals surface area (Å²) in [5.74, 6) is -0.647. The smallest absolute Gasteiger partial charge is 0.298 e. The zero-order chi connectivity index (χ0) is 19.0. The maximum absolute atomic E-state index is 12.8. The number of carbonyl (C=O) groups is 1. The number of thiazole rings is 2. The van der Waals surface area contributed by atoms with Gasteiger partial charge in [0.05, 0.1) is 15.8 Å². The first-order chi connectivity index (χ1) is 12.9. The van der Waals surface area contributed by atoms with Crippen LogP contribution in [-0.2, 0) is 6.18 Å². The lowest BCUT2D eigenvalue weighted by molar-refractivity contribution is -0.137. The van der Waals surface area contributed by atoms with E-state index >= 15 is 0 Å². The van der Waals surface area contributed by atoms with Gasteiger partial charge in [0.25, 0.3) is 5.91 Å². The molecule has 0 spiro atoms. The van der Waals surface area contributed by atoms with Crippen molar-refractivity contribution in [3.8, 4) is 10.7 Å². The predicted octanol–water partition coefficient (Wildman–Crippen LogP) is 5.69. The average Bonchev–Trinajstić information content (AvgIpc) is 3.27. The molecule has 0 saturated carbocycles. The summed E-state index contributed by atoms with van der Waals surface area (Å²) in [6.45, 7) is 0. The minimum atomic E-state index is -4.50. The number of carbonyl (C=O) groups excluding carboxylic acids is 1. The molecule has 0 aliphatic carbocycles. The third kappa shape index (κ3) is 3.69. The summed E-state index contributed by atoms with van der Waals surface area (Å²) in [5.41, 5.74) is 0.520. The second kappa shape index (κ2) is 6.75. The van der Waals surface area contributed by atoms with Crippen LogP contribution >= 0.6 is 22.7 Å². The fourth-order valence-electron chi connectivity index (χ4n) is 2.42. The van der Waals surface area contributed by atoms with Gasteiger partial charge in [-0.1, -0.05) is 18.2 Å². The molecular weight excluding hydrogens is 395 g/mol.